The van der Waals surface area contributed by atoms with Gasteiger partial charge in [-0.05, 0) is 12.5 Å². The normalized spacial score (nSPS) is 17.1. The van der Waals surface area contributed by atoms with Crippen molar-refractivity contribution in [3.05, 3.63) is 35.4 Å². The van der Waals surface area contributed by atoms with Crippen molar-refractivity contribution in [2.24, 2.45) is 0 Å². The molecule has 0 bridgehead atoms. The van der Waals surface area contributed by atoms with E-state index in [2.05, 4.69) is 0 Å². The van der Waals surface area contributed by atoms with E-state index in [1.54, 1.807) is 0 Å². The molecule has 1 aromatic rings. The summed E-state index contributed by atoms with van der Waals surface area (Å²) < 4.78 is 11.2. The van der Waals surface area contributed by atoms with Gasteiger partial charge in [0.2, 0.25) is 5.91 Å². The summed E-state index contributed by atoms with van der Waals surface area (Å²) in [6, 6.07) is 8.02. The van der Waals surface area contributed by atoms with Gasteiger partial charge < -0.3 is 4.90 Å². The van der Waals surface area contributed by atoms with Crippen LogP contribution in [-0.2, 0) is 22.0 Å². The Kier molecular flexibility index (Phi) is 3.94. The van der Waals surface area contributed by atoms with Crippen LogP contribution in [0.1, 0.15) is 11.1 Å². The van der Waals surface area contributed by atoms with Crippen molar-refractivity contribution < 1.29 is 9.00 Å². The lowest BCUT2D eigenvalue weighted by atomic mass is 10.1. The van der Waals surface area contributed by atoms with Gasteiger partial charge in [0.05, 0.1) is 6.42 Å². The molecule has 0 aromatic heterocycles. The Morgan fingerprint density at radius 2 is 2.06 bits per heavy atom. The average Bonchev–Trinajstić information content (AvgIpc) is 2.29. The quantitative estimate of drug-likeness (QED) is 0.790. The van der Waals surface area contributed by atoms with Crippen molar-refractivity contribution in [3.8, 4) is 0 Å². The standard InChI is InChI=1S/C13H17NO2S/c1-11-3-2-4-12(9-11)10-13(15)14-5-7-17(16)8-6-14/h2-4,9H,5-8,10H2,1H3. The van der Waals surface area contributed by atoms with Gasteiger partial charge in [-0.1, -0.05) is 29.8 Å². The van der Waals surface area contributed by atoms with Gasteiger partial charge in [-0.25, -0.2) is 0 Å². The third-order valence-corrected chi connectivity index (χ3v) is 4.24. The zero-order chi connectivity index (χ0) is 12.3. The fourth-order valence-corrected chi connectivity index (χ4v) is 3.05. The number of rotatable bonds is 2. The van der Waals surface area contributed by atoms with Crippen molar-refractivity contribution in [1.82, 2.24) is 4.90 Å². The number of amides is 1. The van der Waals surface area contributed by atoms with Crippen LogP contribution in [0.2, 0.25) is 0 Å². The summed E-state index contributed by atoms with van der Waals surface area (Å²) in [4.78, 5) is 13.8. The Morgan fingerprint density at radius 3 is 2.71 bits per heavy atom. The zero-order valence-corrected chi connectivity index (χ0v) is 10.8. The van der Waals surface area contributed by atoms with E-state index < -0.39 is 10.8 Å². The number of carbonyl (C=O) groups is 1. The second-order valence-corrected chi connectivity index (χ2v) is 6.09. The molecular weight excluding hydrogens is 234 g/mol. The number of carbonyl (C=O) groups excluding carboxylic acids is 1. The van der Waals surface area contributed by atoms with Gasteiger partial charge in [-0.2, -0.15) is 0 Å². The highest BCUT2D eigenvalue weighted by Gasteiger charge is 2.19. The SMILES string of the molecule is Cc1cccc(CC(=O)N2CCS(=O)CC2)c1. The van der Waals surface area contributed by atoms with Crippen LogP contribution in [0.4, 0.5) is 0 Å². The third-order valence-electron chi connectivity index (χ3n) is 2.97. The minimum Gasteiger partial charge on any atom is -0.341 e. The molecule has 0 unspecified atom stereocenters. The summed E-state index contributed by atoms with van der Waals surface area (Å²) >= 11 is 0. The van der Waals surface area contributed by atoms with E-state index in [9.17, 15) is 9.00 Å². The van der Waals surface area contributed by atoms with Gasteiger partial charge in [0.1, 0.15) is 0 Å². The van der Waals surface area contributed by atoms with Crippen LogP contribution in [0.15, 0.2) is 24.3 Å². The van der Waals surface area contributed by atoms with Gasteiger partial charge in [-0.15, -0.1) is 0 Å². The van der Waals surface area contributed by atoms with E-state index in [-0.39, 0.29) is 5.91 Å². The lowest BCUT2D eigenvalue weighted by molar-refractivity contribution is -0.130. The highest BCUT2D eigenvalue weighted by molar-refractivity contribution is 7.85. The number of benzene rings is 1. The topological polar surface area (TPSA) is 37.4 Å². The fraction of sp³-hybridized carbons (Fsp3) is 0.462. The molecule has 92 valence electrons. The Hall–Kier alpha value is -1.16. The largest absolute Gasteiger partial charge is 0.341 e. The van der Waals surface area contributed by atoms with E-state index in [1.165, 1.54) is 5.56 Å². The molecule has 4 heteroatoms. The molecule has 1 heterocycles. The van der Waals surface area contributed by atoms with Gasteiger partial charge in [0, 0.05) is 35.4 Å². The molecule has 0 atom stereocenters. The summed E-state index contributed by atoms with van der Waals surface area (Å²) in [7, 11) is -0.721. The molecule has 3 nitrogen and oxygen atoms in total. The summed E-state index contributed by atoms with van der Waals surface area (Å²) in [5, 5.41) is 0. The number of aryl methyl sites for hydroxylation is 1. The molecular formula is C13H17NO2S. The van der Waals surface area contributed by atoms with Crippen LogP contribution < -0.4 is 0 Å². The predicted octanol–water partition coefficient (Wildman–Crippen LogP) is 1.13. The fourth-order valence-electron chi connectivity index (χ4n) is 2.00. The maximum atomic E-state index is 12.0. The molecule has 0 N–H and O–H groups in total. The number of hydrogen-bond acceptors (Lipinski definition) is 2. The smallest absolute Gasteiger partial charge is 0.227 e. The molecule has 1 aliphatic rings. The average molecular weight is 251 g/mol. The van der Waals surface area contributed by atoms with E-state index in [0.717, 1.165) is 5.56 Å². The first-order valence-corrected chi connectivity index (χ1v) is 7.32. The molecule has 0 saturated carbocycles. The summed E-state index contributed by atoms with van der Waals surface area (Å²) in [6.07, 6.45) is 0.453. The highest BCUT2D eigenvalue weighted by Crippen LogP contribution is 2.08. The molecule has 1 aromatic carbocycles. The van der Waals surface area contributed by atoms with Crippen LogP contribution in [0.5, 0.6) is 0 Å². The molecule has 0 aliphatic carbocycles. The summed E-state index contributed by atoms with van der Waals surface area (Å²) in [5.41, 5.74) is 2.23. The van der Waals surface area contributed by atoms with Crippen molar-refractivity contribution in [2.75, 3.05) is 24.6 Å². The van der Waals surface area contributed by atoms with E-state index >= 15 is 0 Å². The summed E-state index contributed by atoms with van der Waals surface area (Å²) in [6.45, 7) is 3.30. The minimum atomic E-state index is -0.721. The second-order valence-electron chi connectivity index (χ2n) is 4.39. The van der Waals surface area contributed by atoms with Gasteiger partial charge in [0.15, 0.2) is 0 Å². The predicted molar refractivity (Wildman–Crippen MR) is 69.3 cm³/mol. The van der Waals surface area contributed by atoms with Crippen LogP contribution in [0, 0.1) is 6.92 Å². The first kappa shape index (κ1) is 12.3. The van der Waals surface area contributed by atoms with Crippen LogP contribution >= 0.6 is 0 Å². The Bertz CT molecular complexity index is 435. The minimum absolute atomic E-state index is 0.146. The lowest BCUT2D eigenvalue weighted by Gasteiger charge is -2.26. The van der Waals surface area contributed by atoms with E-state index in [4.69, 9.17) is 0 Å². The molecule has 0 spiro atoms. The Morgan fingerprint density at radius 1 is 1.35 bits per heavy atom. The van der Waals surface area contributed by atoms with Crippen molar-refractivity contribution >= 4 is 16.7 Å². The molecule has 1 aliphatic heterocycles. The molecule has 2 rings (SSSR count). The molecule has 1 saturated heterocycles. The van der Waals surface area contributed by atoms with Crippen LogP contribution in [0.25, 0.3) is 0 Å². The second kappa shape index (κ2) is 5.45. The first-order chi connectivity index (χ1) is 8.15. The number of hydrogen-bond donors (Lipinski definition) is 0. The van der Waals surface area contributed by atoms with E-state index in [0.29, 0.717) is 31.0 Å². The van der Waals surface area contributed by atoms with Gasteiger partial charge in [0.25, 0.3) is 0 Å². The van der Waals surface area contributed by atoms with Crippen LogP contribution in [0.3, 0.4) is 0 Å². The maximum Gasteiger partial charge on any atom is 0.227 e. The Labute approximate surface area is 104 Å². The molecule has 17 heavy (non-hydrogen) atoms. The zero-order valence-electron chi connectivity index (χ0n) is 10.0. The number of nitrogens with zero attached hydrogens (tertiary/aromatic N) is 1. The lowest BCUT2D eigenvalue weighted by Crippen LogP contribution is -2.42. The van der Waals surface area contributed by atoms with Crippen molar-refractivity contribution in [2.45, 2.75) is 13.3 Å². The van der Waals surface area contributed by atoms with Crippen molar-refractivity contribution in [3.63, 3.8) is 0 Å². The maximum absolute atomic E-state index is 12.0. The highest BCUT2D eigenvalue weighted by atomic mass is 32.2. The van der Waals surface area contributed by atoms with Gasteiger partial charge >= 0.3 is 0 Å². The molecule has 1 fully saturated rings. The Balaban J connectivity index is 1.95. The molecule has 0 radical (unpaired) electrons. The molecule has 1 amide bonds. The summed E-state index contributed by atoms with van der Waals surface area (Å²) in [5.74, 6) is 1.39. The first-order valence-electron chi connectivity index (χ1n) is 5.83. The van der Waals surface area contributed by atoms with E-state index in [1.807, 2.05) is 36.1 Å². The van der Waals surface area contributed by atoms with Crippen LogP contribution in [-0.4, -0.2) is 39.6 Å². The third kappa shape index (κ3) is 3.40. The van der Waals surface area contributed by atoms with Crippen molar-refractivity contribution in [1.29, 1.82) is 0 Å². The monoisotopic (exact) mass is 251 g/mol. The van der Waals surface area contributed by atoms with Gasteiger partial charge in [-0.3, -0.25) is 9.00 Å².